The van der Waals surface area contributed by atoms with Gasteiger partial charge in [0, 0.05) is 16.9 Å². The molecule has 34 heavy (non-hydrogen) atoms. The number of ether oxygens (including phenoxy) is 2. The fourth-order valence-corrected chi connectivity index (χ4v) is 10.3. The van der Waals surface area contributed by atoms with Crippen LogP contribution in [-0.4, -0.2) is 30.1 Å². The van der Waals surface area contributed by atoms with Crippen LogP contribution in [0, 0.1) is 52.3 Å². The number of aliphatic hydroxyl groups is 1. The molecule has 0 aromatic carbocycles. The van der Waals surface area contributed by atoms with Crippen LogP contribution in [0.2, 0.25) is 0 Å². The van der Waals surface area contributed by atoms with E-state index >= 15 is 0 Å². The number of hydrogen-bond acceptors (Lipinski definition) is 4. The number of rotatable bonds is 8. The van der Waals surface area contributed by atoms with E-state index in [1.54, 1.807) is 0 Å². The van der Waals surface area contributed by atoms with E-state index in [-0.39, 0.29) is 23.4 Å². The van der Waals surface area contributed by atoms with Crippen LogP contribution in [-0.2, 0) is 14.3 Å². The van der Waals surface area contributed by atoms with Crippen LogP contribution >= 0.6 is 0 Å². The summed E-state index contributed by atoms with van der Waals surface area (Å²) in [5.74, 6) is 4.58. The van der Waals surface area contributed by atoms with Gasteiger partial charge in [0.1, 0.15) is 0 Å². The summed E-state index contributed by atoms with van der Waals surface area (Å²) >= 11 is 0. The molecule has 8 saturated carbocycles. The third kappa shape index (κ3) is 4.19. The Labute approximate surface area is 206 Å². The fraction of sp³-hybridized carbons (Fsp3) is 0.900. The predicted molar refractivity (Wildman–Crippen MR) is 132 cm³/mol. The van der Waals surface area contributed by atoms with E-state index in [2.05, 4.69) is 19.9 Å². The zero-order valence-corrected chi connectivity index (χ0v) is 21.6. The first kappa shape index (κ1) is 23.5. The molecule has 8 rings (SSSR count). The number of aliphatic hydroxyl groups excluding tert-OH is 1. The van der Waals surface area contributed by atoms with Crippen LogP contribution in [0.1, 0.15) is 97.8 Å². The van der Waals surface area contributed by atoms with E-state index in [9.17, 15) is 9.90 Å². The summed E-state index contributed by atoms with van der Waals surface area (Å²) in [5, 5.41) is 11.1. The minimum atomic E-state index is -0.494. The van der Waals surface area contributed by atoms with E-state index < -0.39 is 6.29 Å². The molecule has 0 amide bonds. The Balaban J connectivity index is 1.07. The molecule has 190 valence electrons. The van der Waals surface area contributed by atoms with Gasteiger partial charge in [-0.1, -0.05) is 19.9 Å². The van der Waals surface area contributed by atoms with Crippen molar-refractivity contribution in [2.45, 2.75) is 110 Å². The monoisotopic (exact) mass is 470 g/mol. The Morgan fingerprint density at radius 2 is 1.44 bits per heavy atom. The van der Waals surface area contributed by atoms with Crippen LogP contribution < -0.4 is 0 Å². The van der Waals surface area contributed by atoms with Gasteiger partial charge in [-0.3, -0.25) is 0 Å². The van der Waals surface area contributed by atoms with Crippen molar-refractivity contribution in [3.8, 4) is 0 Å². The molecule has 0 radical (unpaired) electrons. The summed E-state index contributed by atoms with van der Waals surface area (Å²) in [6, 6.07) is 0. The van der Waals surface area contributed by atoms with E-state index in [4.69, 9.17) is 9.47 Å². The molecular weight excluding hydrogens is 424 g/mol. The smallest absolute Gasteiger partial charge is 0.335 e. The molecule has 8 bridgehead atoms. The first-order chi connectivity index (χ1) is 16.2. The number of carbonyl (C=O) groups is 1. The fourth-order valence-electron chi connectivity index (χ4n) is 10.3. The molecule has 4 heteroatoms. The first-order valence-electron chi connectivity index (χ1n) is 14.4. The standard InChI is InChI=1S/C30H46O4/c1-18(2)28(33-5-4-29-13-20-6-21(14-29)8-22(7-20)15-29)34-27(32)19(3)12-30-16-23-9-24(17-30)11-25(10-23)26(30)31/h12,18,20-26,28,31H,4-11,13-17H2,1-3H3. The summed E-state index contributed by atoms with van der Waals surface area (Å²) in [6.45, 7) is 6.72. The van der Waals surface area contributed by atoms with Gasteiger partial charge in [-0.25, -0.2) is 4.79 Å². The Morgan fingerprint density at radius 3 is 1.97 bits per heavy atom. The molecule has 4 nitrogen and oxygen atoms in total. The summed E-state index contributed by atoms with van der Waals surface area (Å²) in [6.07, 6.45) is 16.7. The summed E-state index contributed by atoms with van der Waals surface area (Å²) in [4.78, 5) is 13.1. The largest absolute Gasteiger partial charge is 0.432 e. The second-order valence-corrected chi connectivity index (χ2v) is 14.2. The van der Waals surface area contributed by atoms with Crippen molar-refractivity contribution >= 4 is 5.97 Å². The molecule has 0 heterocycles. The molecule has 8 aliphatic rings. The maximum atomic E-state index is 13.1. The van der Waals surface area contributed by atoms with Gasteiger partial charge in [0.15, 0.2) is 0 Å². The Morgan fingerprint density at radius 1 is 0.912 bits per heavy atom. The quantitative estimate of drug-likeness (QED) is 0.258. The van der Waals surface area contributed by atoms with Crippen LogP contribution in [0.5, 0.6) is 0 Å². The lowest BCUT2D eigenvalue weighted by molar-refractivity contribution is -0.188. The highest BCUT2D eigenvalue weighted by molar-refractivity contribution is 5.88. The first-order valence-corrected chi connectivity index (χ1v) is 14.4. The molecule has 0 spiro atoms. The third-order valence-electron chi connectivity index (χ3n) is 11.0. The van der Waals surface area contributed by atoms with Crippen LogP contribution in [0.4, 0.5) is 0 Å². The van der Waals surface area contributed by atoms with Crippen LogP contribution in [0.25, 0.3) is 0 Å². The molecule has 0 aromatic rings. The minimum absolute atomic E-state index is 0.123. The molecule has 4 unspecified atom stereocenters. The average molecular weight is 471 g/mol. The Kier molecular flexibility index (Phi) is 5.96. The molecule has 8 aliphatic carbocycles. The van der Waals surface area contributed by atoms with Gasteiger partial charge in [0.25, 0.3) is 0 Å². The lowest BCUT2D eigenvalue weighted by atomic mass is 9.48. The van der Waals surface area contributed by atoms with Gasteiger partial charge in [0.2, 0.25) is 6.29 Å². The second kappa shape index (κ2) is 8.61. The van der Waals surface area contributed by atoms with Gasteiger partial charge in [-0.2, -0.15) is 0 Å². The second-order valence-electron chi connectivity index (χ2n) is 14.2. The SMILES string of the molecule is CC(=CC12CC3CC(CC(C3)C1O)C2)C(=O)OC(OCCC12CC3CC(CC(C3)C1)C2)C(C)C. The van der Waals surface area contributed by atoms with E-state index in [0.29, 0.717) is 23.5 Å². The minimum Gasteiger partial charge on any atom is -0.432 e. The number of esters is 1. The maximum absolute atomic E-state index is 13.1. The summed E-state index contributed by atoms with van der Waals surface area (Å²) in [5.41, 5.74) is 0.922. The average Bonchev–Trinajstić information content (AvgIpc) is 2.75. The van der Waals surface area contributed by atoms with Crippen molar-refractivity contribution in [1.29, 1.82) is 0 Å². The molecule has 0 aliphatic heterocycles. The van der Waals surface area contributed by atoms with Crippen molar-refractivity contribution in [1.82, 2.24) is 0 Å². The molecule has 1 N–H and O–H groups in total. The van der Waals surface area contributed by atoms with Gasteiger partial charge in [-0.15, -0.1) is 0 Å². The lowest BCUT2D eigenvalue weighted by Crippen LogP contribution is -2.55. The zero-order valence-electron chi connectivity index (χ0n) is 21.6. The van der Waals surface area contributed by atoms with Crippen LogP contribution in [0.15, 0.2) is 11.6 Å². The highest BCUT2D eigenvalue weighted by atomic mass is 16.7. The van der Waals surface area contributed by atoms with Gasteiger partial charge in [0.05, 0.1) is 12.7 Å². The molecule has 4 atom stereocenters. The highest BCUT2D eigenvalue weighted by Gasteiger charge is 2.56. The van der Waals surface area contributed by atoms with Crippen molar-refractivity contribution in [3.63, 3.8) is 0 Å². The molecule has 0 saturated heterocycles. The molecule has 8 fully saturated rings. The summed E-state index contributed by atoms with van der Waals surface area (Å²) < 4.78 is 12.2. The predicted octanol–water partition coefficient (Wildman–Crippen LogP) is 6.27. The topological polar surface area (TPSA) is 55.8 Å². The van der Waals surface area contributed by atoms with Crippen molar-refractivity contribution in [2.24, 2.45) is 52.3 Å². The molecule has 0 aromatic heterocycles. The van der Waals surface area contributed by atoms with Gasteiger partial charge in [-0.05, 0) is 125 Å². The Bertz CT molecular complexity index is 778. The van der Waals surface area contributed by atoms with Crippen molar-refractivity contribution in [3.05, 3.63) is 11.6 Å². The highest BCUT2D eigenvalue weighted by Crippen LogP contribution is 2.62. The maximum Gasteiger partial charge on any atom is 0.335 e. The molecular formula is C30H46O4. The Hall–Kier alpha value is -0.870. The third-order valence-corrected chi connectivity index (χ3v) is 11.0. The normalized spacial score (nSPS) is 47.4. The van der Waals surface area contributed by atoms with E-state index in [1.165, 1.54) is 57.8 Å². The van der Waals surface area contributed by atoms with Gasteiger partial charge < -0.3 is 14.6 Å². The van der Waals surface area contributed by atoms with Crippen LogP contribution in [0.3, 0.4) is 0 Å². The van der Waals surface area contributed by atoms with E-state index in [0.717, 1.165) is 48.9 Å². The number of hydrogen-bond donors (Lipinski definition) is 1. The van der Waals surface area contributed by atoms with Gasteiger partial charge >= 0.3 is 5.97 Å². The zero-order chi connectivity index (χ0) is 23.7. The van der Waals surface area contributed by atoms with Crippen molar-refractivity contribution in [2.75, 3.05) is 6.61 Å². The summed E-state index contributed by atoms with van der Waals surface area (Å²) in [7, 11) is 0. The number of carbonyl (C=O) groups excluding carboxylic acids is 1. The van der Waals surface area contributed by atoms with E-state index in [1.807, 2.05) is 6.92 Å². The lowest BCUT2D eigenvalue weighted by Gasteiger charge is -2.58. The van der Waals surface area contributed by atoms with Crippen molar-refractivity contribution < 1.29 is 19.4 Å².